The largest absolute Gasteiger partial charge is 0.316 e. The van der Waals surface area contributed by atoms with Crippen molar-refractivity contribution < 1.29 is 8.42 Å². The van der Waals surface area contributed by atoms with Crippen molar-refractivity contribution in [3.8, 4) is 0 Å². The Morgan fingerprint density at radius 1 is 0.889 bits per heavy atom. The zero-order chi connectivity index (χ0) is 14.3. The molecule has 0 spiro atoms. The molecule has 0 aromatic rings. The van der Waals surface area contributed by atoms with Gasteiger partial charge in [-0.2, -0.15) is 0 Å². The molecule has 0 heterocycles. The summed E-state index contributed by atoms with van der Waals surface area (Å²) in [7, 11) is -2.88. The summed E-state index contributed by atoms with van der Waals surface area (Å²) in [4.78, 5) is 0. The number of hydrogen-bond donors (Lipinski definition) is 1. The van der Waals surface area contributed by atoms with Crippen LogP contribution < -0.4 is 5.32 Å². The van der Waals surface area contributed by atoms with Gasteiger partial charge in [0.1, 0.15) is 0 Å². The average molecular weight is 277 g/mol. The molecule has 2 atom stereocenters. The Balaban J connectivity index is 3.98. The molecule has 4 heteroatoms. The second-order valence-corrected chi connectivity index (χ2v) is 8.89. The molecule has 0 aromatic heterocycles. The zero-order valence-corrected chi connectivity index (χ0v) is 13.7. The smallest absolute Gasteiger partial charge is 0.152 e. The van der Waals surface area contributed by atoms with Crippen LogP contribution in [-0.4, -0.2) is 32.5 Å². The van der Waals surface area contributed by atoms with E-state index < -0.39 is 9.84 Å². The highest BCUT2D eigenvalue weighted by molar-refractivity contribution is 7.91. The van der Waals surface area contributed by atoms with Gasteiger partial charge >= 0.3 is 0 Å². The summed E-state index contributed by atoms with van der Waals surface area (Å²) < 4.78 is 23.5. The van der Waals surface area contributed by atoms with Crippen molar-refractivity contribution in [3.63, 3.8) is 0 Å². The molecule has 0 aliphatic carbocycles. The molecule has 110 valence electrons. The molecular weight excluding hydrogens is 246 g/mol. The van der Waals surface area contributed by atoms with Crippen LogP contribution in [0, 0.1) is 17.8 Å². The minimum absolute atomic E-state index is 0.251. The van der Waals surface area contributed by atoms with Gasteiger partial charge in [0.05, 0.1) is 11.0 Å². The highest BCUT2D eigenvalue weighted by atomic mass is 32.2. The molecule has 0 radical (unpaired) electrons. The van der Waals surface area contributed by atoms with E-state index >= 15 is 0 Å². The lowest BCUT2D eigenvalue weighted by atomic mass is 9.93. The van der Waals surface area contributed by atoms with Crippen LogP contribution >= 0.6 is 0 Å². The van der Waals surface area contributed by atoms with Gasteiger partial charge in [-0.3, -0.25) is 0 Å². The van der Waals surface area contributed by atoms with Gasteiger partial charge in [0.15, 0.2) is 9.84 Å². The fourth-order valence-corrected chi connectivity index (χ4v) is 2.84. The molecule has 0 aliphatic rings. The normalized spacial score (nSPS) is 16.2. The summed E-state index contributed by atoms with van der Waals surface area (Å²) in [6.45, 7) is 14.2. The van der Waals surface area contributed by atoms with E-state index in [9.17, 15) is 8.42 Å². The first-order chi connectivity index (χ1) is 8.16. The van der Waals surface area contributed by atoms with Crippen LogP contribution in [0.4, 0.5) is 0 Å². The van der Waals surface area contributed by atoms with Crippen molar-refractivity contribution in [2.75, 3.05) is 18.8 Å². The summed E-state index contributed by atoms with van der Waals surface area (Å²) >= 11 is 0. The maximum absolute atomic E-state index is 11.7. The standard InChI is InChI=1S/C14H31NO2S/c1-11(2)9-15-10-14(6)13(5)7-8-18(16,17)12(3)4/h11-15H,7-10H2,1-6H3. The van der Waals surface area contributed by atoms with Gasteiger partial charge in [-0.05, 0) is 51.1 Å². The van der Waals surface area contributed by atoms with Gasteiger partial charge in [-0.25, -0.2) is 8.42 Å². The summed E-state index contributed by atoms with van der Waals surface area (Å²) in [5, 5.41) is 3.19. The van der Waals surface area contributed by atoms with Crippen molar-refractivity contribution in [1.29, 1.82) is 0 Å². The topological polar surface area (TPSA) is 46.2 Å². The van der Waals surface area contributed by atoms with Crippen LogP contribution in [0.3, 0.4) is 0 Å². The number of rotatable bonds is 9. The van der Waals surface area contributed by atoms with Crippen molar-refractivity contribution in [3.05, 3.63) is 0 Å². The van der Waals surface area contributed by atoms with Crippen molar-refractivity contribution in [2.24, 2.45) is 17.8 Å². The third kappa shape index (κ3) is 7.37. The van der Waals surface area contributed by atoms with Gasteiger partial charge in [0.25, 0.3) is 0 Å². The summed E-state index contributed by atoms with van der Waals surface area (Å²) in [5.74, 6) is 1.94. The molecule has 2 unspecified atom stereocenters. The average Bonchev–Trinajstić information content (AvgIpc) is 2.25. The Morgan fingerprint density at radius 3 is 1.89 bits per heavy atom. The molecule has 0 amide bonds. The lowest BCUT2D eigenvalue weighted by Crippen LogP contribution is -2.29. The predicted molar refractivity (Wildman–Crippen MR) is 79.6 cm³/mol. The predicted octanol–water partition coefficient (Wildman–Crippen LogP) is 2.72. The van der Waals surface area contributed by atoms with Gasteiger partial charge in [-0.1, -0.05) is 27.7 Å². The number of hydrogen-bond acceptors (Lipinski definition) is 3. The van der Waals surface area contributed by atoms with Crippen LogP contribution in [0.5, 0.6) is 0 Å². The van der Waals surface area contributed by atoms with Gasteiger partial charge in [0.2, 0.25) is 0 Å². The molecule has 18 heavy (non-hydrogen) atoms. The Kier molecular flexibility index (Phi) is 8.11. The highest BCUT2D eigenvalue weighted by Crippen LogP contribution is 2.16. The van der Waals surface area contributed by atoms with E-state index in [0.29, 0.717) is 23.5 Å². The second-order valence-electron chi connectivity index (χ2n) is 6.21. The Morgan fingerprint density at radius 2 is 1.44 bits per heavy atom. The molecule has 0 aliphatic heterocycles. The first kappa shape index (κ1) is 17.9. The molecule has 0 bridgehead atoms. The number of sulfone groups is 1. The Labute approximate surface area is 114 Å². The lowest BCUT2D eigenvalue weighted by Gasteiger charge is -2.21. The molecule has 0 saturated carbocycles. The van der Waals surface area contributed by atoms with Crippen LogP contribution in [0.2, 0.25) is 0 Å². The SMILES string of the molecule is CC(C)CNCC(C)C(C)CCS(=O)(=O)C(C)C. The van der Waals surface area contributed by atoms with Gasteiger partial charge < -0.3 is 5.32 Å². The van der Waals surface area contributed by atoms with E-state index in [2.05, 4.69) is 33.0 Å². The van der Waals surface area contributed by atoms with E-state index in [1.54, 1.807) is 13.8 Å². The molecule has 3 nitrogen and oxygen atoms in total. The van der Waals surface area contributed by atoms with E-state index in [-0.39, 0.29) is 5.25 Å². The zero-order valence-electron chi connectivity index (χ0n) is 12.9. The monoisotopic (exact) mass is 277 g/mol. The Hall–Kier alpha value is -0.0900. The quantitative estimate of drug-likeness (QED) is 0.705. The summed E-state index contributed by atoms with van der Waals surface area (Å²) in [6.07, 6.45) is 0.769. The molecular formula is C14H31NO2S. The maximum atomic E-state index is 11.7. The lowest BCUT2D eigenvalue weighted by molar-refractivity contribution is 0.351. The minimum Gasteiger partial charge on any atom is -0.316 e. The maximum Gasteiger partial charge on any atom is 0.152 e. The second kappa shape index (κ2) is 8.16. The Bertz CT molecular complexity index is 310. The third-order valence-electron chi connectivity index (χ3n) is 3.57. The molecule has 0 aromatic carbocycles. The van der Waals surface area contributed by atoms with Crippen LogP contribution in [0.25, 0.3) is 0 Å². The van der Waals surface area contributed by atoms with Crippen molar-refractivity contribution >= 4 is 9.84 Å². The summed E-state index contributed by atoms with van der Waals surface area (Å²) in [6, 6.07) is 0. The molecule has 1 N–H and O–H groups in total. The van der Waals surface area contributed by atoms with Gasteiger partial charge in [0, 0.05) is 0 Å². The summed E-state index contributed by atoms with van der Waals surface area (Å²) in [5.41, 5.74) is 0. The van der Waals surface area contributed by atoms with E-state index in [4.69, 9.17) is 0 Å². The third-order valence-corrected chi connectivity index (χ3v) is 5.81. The number of nitrogens with one attached hydrogen (secondary N) is 1. The van der Waals surface area contributed by atoms with E-state index in [1.165, 1.54) is 0 Å². The van der Waals surface area contributed by atoms with Crippen LogP contribution in [0.15, 0.2) is 0 Å². The van der Waals surface area contributed by atoms with E-state index in [0.717, 1.165) is 19.5 Å². The molecule has 0 rings (SSSR count). The fourth-order valence-electron chi connectivity index (χ4n) is 1.67. The first-order valence-electron chi connectivity index (χ1n) is 7.09. The van der Waals surface area contributed by atoms with E-state index in [1.807, 2.05) is 0 Å². The van der Waals surface area contributed by atoms with Gasteiger partial charge in [-0.15, -0.1) is 0 Å². The molecule has 0 fully saturated rings. The first-order valence-corrected chi connectivity index (χ1v) is 8.80. The van der Waals surface area contributed by atoms with Crippen molar-refractivity contribution in [1.82, 2.24) is 5.32 Å². The molecule has 0 saturated heterocycles. The highest BCUT2D eigenvalue weighted by Gasteiger charge is 2.19. The van der Waals surface area contributed by atoms with Crippen LogP contribution in [0.1, 0.15) is 48.0 Å². The van der Waals surface area contributed by atoms with Crippen molar-refractivity contribution in [2.45, 2.75) is 53.2 Å². The van der Waals surface area contributed by atoms with Crippen LogP contribution in [-0.2, 0) is 9.84 Å². The minimum atomic E-state index is -2.88. The fraction of sp³-hybridized carbons (Fsp3) is 1.00.